The molecule has 3 N–H and O–H groups in total. The number of hydrogen-bond acceptors (Lipinski definition) is 4. The second-order valence-electron chi connectivity index (χ2n) is 9.59. The van der Waals surface area contributed by atoms with Crippen molar-refractivity contribution in [1.82, 2.24) is 5.32 Å². The minimum atomic E-state index is -1.24. The number of nitrogens with one attached hydrogen (secondary N) is 1. The summed E-state index contributed by atoms with van der Waals surface area (Å²) >= 11 is 6.14. The smallest absolute Gasteiger partial charge is 0.326 e. The molecule has 0 bridgehead atoms. The summed E-state index contributed by atoms with van der Waals surface area (Å²) in [5, 5.41) is 21.4. The average Bonchev–Trinajstić information content (AvgIpc) is 3.28. The number of benzene rings is 2. The zero-order chi connectivity index (χ0) is 25.7. The van der Waals surface area contributed by atoms with Crippen LogP contribution >= 0.6 is 11.6 Å². The maximum Gasteiger partial charge on any atom is 0.326 e. The van der Waals surface area contributed by atoms with Crippen LogP contribution in [0.1, 0.15) is 43.2 Å². The molecule has 0 aliphatic carbocycles. The summed E-state index contributed by atoms with van der Waals surface area (Å²) in [7, 11) is 0. The number of carboxylic acids is 2. The number of amides is 2. The molecule has 2 heterocycles. The van der Waals surface area contributed by atoms with Gasteiger partial charge in [-0.15, -0.1) is 0 Å². The number of hydrogen-bond donors (Lipinski definition) is 3. The molecule has 9 heteroatoms. The van der Waals surface area contributed by atoms with Gasteiger partial charge < -0.3 is 20.4 Å². The van der Waals surface area contributed by atoms with Crippen molar-refractivity contribution < 1.29 is 24.6 Å². The molecule has 1 atom stereocenters. The topological polar surface area (TPSA) is 110 Å². The van der Waals surface area contributed by atoms with Gasteiger partial charge in [0, 0.05) is 42.5 Å². The first-order valence-corrected chi connectivity index (χ1v) is 12.8. The zero-order valence-electron chi connectivity index (χ0n) is 20.2. The highest BCUT2D eigenvalue weighted by Gasteiger charge is 2.29. The van der Waals surface area contributed by atoms with Crippen LogP contribution < -0.4 is 15.1 Å². The van der Waals surface area contributed by atoms with E-state index in [0.29, 0.717) is 18.9 Å². The number of rotatable bonds is 9. The number of urea groups is 1. The molecule has 2 aliphatic rings. The van der Waals surface area contributed by atoms with Gasteiger partial charge in [-0.3, -0.25) is 9.69 Å². The zero-order valence-corrected chi connectivity index (χ0v) is 20.9. The third-order valence-electron chi connectivity index (χ3n) is 7.16. The molecule has 1 fully saturated rings. The third-order valence-corrected chi connectivity index (χ3v) is 7.39. The van der Waals surface area contributed by atoms with Crippen LogP contribution in [0.25, 0.3) is 0 Å². The lowest BCUT2D eigenvalue weighted by molar-refractivity contribution is -0.140. The van der Waals surface area contributed by atoms with Gasteiger partial charge in [0.15, 0.2) is 0 Å². The lowest BCUT2D eigenvalue weighted by Crippen LogP contribution is -2.47. The van der Waals surface area contributed by atoms with Gasteiger partial charge in [0.25, 0.3) is 0 Å². The van der Waals surface area contributed by atoms with E-state index < -0.39 is 24.0 Å². The van der Waals surface area contributed by atoms with Crippen LogP contribution in [0.2, 0.25) is 5.02 Å². The van der Waals surface area contributed by atoms with Gasteiger partial charge in [-0.2, -0.15) is 0 Å². The number of nitrogens with zero attached hydrogens (tertiary/aromatic N) is 2. The fourth-order valence-corrected chi connectivity index (χ4v) is 5.28. The van der Waals surface area contributed by atoms with E-state index in [-0.39, 0.29) is 12.8 Å². The first kappa shape index (κ1) is 25.8. The predicted octanol–water partition coefficient (Wildman–Crippen LogP) is 4.58. The van der Waals surface area contributed by atoms with Crippen LogP contribution in [0.4, 0.5) is 16.2 Å². The van der Waals surface area contributed by atoms with Gasteiger partial charge >= 0.3 is 18.0 Å². The van der Waals surface area contributed by atoms with E-state index in [1.807, 2.05) is 30.3 Å². The van der Waals surface area contributed by atoms with Crippen molar-refractivity contribution in [3.05, 3.63) is 58.6 Å². The Kier molecular flexibility index (Phi) is 8.36. The van der Waals surface area contributed by atoms with Gasteiger partial charge in [-0.05, 0) is 79.8 Å². The second-order valence-corrected chi connectivity index (χ2v) is 10.0. The maximum atomic E-state index is 12.7. The number of halogens is 1. The molecule has 0 spiro atoms. The Bertz CT molecular complexity index is 1120. The molecule has 0 saturated carbocycles. The highest BCUT2D eigenvalue weighted by molar-refractivity contribution is 6.30. The molecule has 0 radical (unpaired) electrons. The van der Waals surface area contributed by atoms with Crippen LogP contribution in [0.3, 0.4) is 0 Å². The Labute approximate surface area is 215 Å². The Morgan fingerprint density at radius 1 is 1.06 bits per heavy atom. The number of aryl methyl sites for hydroxylation is 1. The number of piperidine rings is 1. The van der Waals surface area contributed by atoms with Crippen molar-refractivity contribution in [3.63, 3.8) is 0 Å². The minimum Gasteiger partial charge on any atom is -0.481 e. The lowest BCUT2D eigenvalue weighted by Gasteiger charge is -2.33. The normalized spacial score (nSPS) is 16.5. The molecule has 192 valence electrons. The van der Waals surface area contributed by atoms with E-state index in [4.69, 9.17) is 16.7 Å². The van der Waals surface area contributed by atoms with Crippen molar-refractivity contribution in [2.75, 3.05) is 29.4 Å². The van der Waals surface area contributed by atoms with Crippen molar-refractivity contribution in [1.29, 1.82) is 0 Å². The SMILES string of the molecule is O=C(O)CCC(NC(=O)N1CCc2cc(CCC3CCN(c4cccc(Cl)c4)CC3)ccc21)C(=O)O. The molecule has 2 aromatic rings. The van der Waals surface area contributed by atoms with E-state index >= 15 is 0 Å². The Morgan fingerprint density at radius 3 is 2.53 bits per heavy atom. The summed E-state index contributed by atoms with van der Waals surface area (Å²) in [6.07, 6.45) is 4.64. The fourth-order valence-electron chi connectivity index (χ4n) is 5.10. The van der Waals surface area contributed by atoms with Crippen molar-refractivity contribution >= 4 is 40.9 Å². The number of aliphatic carboxylic acids is 2. The lowest BCUT2D eigenvalue weighted by atomic mass is 9.90. The van der Waals surface area contributed by atoms with Gasteiger partial charge in [0.05, 0.1) is 0 Å². The summed E-state index contributed by atoms with van der Waals surface area (Å²) in [5.41, 5.74) is 4.30. The molecule has 1 saturated heterocycles. The second kappa shape index (κ2) is 11.6. The van der Waals surface area contributed by atoms with Crippen molar-refractivity contribution in [2.45, 2.75) is 51.0 Å². The standard InChI is InChI=1S/C27H32ClN3O5/c28-21-2-1-3-22(17-21)30-13-10-18(11-14-30)4-5-19-6-8-24-20(16-19)12-15-31(24)27(36)29-23(26(34)35)7-9-25(32)33/h1-3,6,8,16-18,23H,4-5,7,9-15H2,(H,29,36)(H,32,33)(H,34,35). The molecular formula is C27H32ClN3O5. The van der Waals surface area contributed by atoms with Crippen molar-refractivity contribution in [2.24, 2.45) is 5.92 Å². The summed E-state index contributed by atoms with van der Waals surface area (Å²) < 4.78 is 0. The number of fused-ring (bicyclic) bond motifs is 1. The minimum absolute atomic E-state index is 0.159. The van der Waals surface area contributed by atoms with Crippen LogP contribution in [0.5, 0.6) is 0 Å². The molecule has 4 rings (SSSR count). The third kappa shape index (κ3) is 6.49. The Balaban J connectivity index is 1.28. The van der Waals surface area contributed by atoms with E-state index in [9.17, 15) is 19.5 Å². The van der Waals surface area contributed by atoms with E-state index in [0.717, 1.165) is 55.0 Å². The number of carboxylic acid groups (broad SMARTS) is 2. The molecule has 1 unspecified atom stereocenters. The molecule has 0 aromatic heterocycles. The fraction of sp³-hybridized carbons (Fsp3) is 0.444. The molecule has 2 aromatic carbocycles. The first-order chi connectivity index (χ1) is 17.3. The summed E-state index contributed by atoms with van der Waals surface area (Å²) in [5.74, 6) is -1.66. The van der Waals surface area contributed by atoms with Gasteiger partial charge in [-0.1, -0.05) is 29.8 Å². The quantitative estimate of drug-likeness (QED) is 0.452. The summed E-state index contributed by atoms with van der Waals surface area (Å²) in [6, 6.07) is 12.4. The van der Waals surface area contributed by atoms with E-state index in [2.05, 4.69) is 22.3 Å². The van der Waals surface area contributed by atoms with Crippen LogP contribution in [-0.2, 0) is 22.4 Å². The van der Waals surface area contributed by atoms with E-state index in [1.165, 1.54) is 11.3 Å². The van der Waals surface area contributed by atoms with Crippen LogP contribution in [-0.4, -0.2) is 53.9 Å². The van der Waals surface area contributed by atoms with Crippen LogP contribution in [0, 0.1) is 5.92 Å². The maximum absolute atomic E-state index is 12.7. The molecule has 2 amide bonds. The van der Waals surface area contributed by atoms with Gasteiger partial charge in [-0.25, -0.2) is 9.59 Å². The molecule has 8 nitrogen and oxygen atoms in total. The monoisotopic (exact) mass is 513 g/mol. The number of carbonyl (C=O) groups excluding carboxylic acids is 1. The Hall–Kier alpha value is -3.26. The molecule has 2 aliphatic heterocycles. The molecule has 36 heavy (non-hydrogen) atoms. The highest BCUT2D eigenvalue weighted by Crippen LogP contribution is 2.31. The van der Waals surface area contributed by atoms with Gasteiger partial charge in [0.2, 0.25) is 0 Å². The summed E-state index contributed by atoms with van der Waals surface area (Å²) in [6.45, 7) is 2.53. The average molecular weight is 514 g/mol. The predicted molar refractivity (Wildman–Crippen MR) is 139 cm³/mol. The number of anilines is 2. The van der Waals surface area contributed by atoms with Crippen molar-refractivity contribution in [3.8, 4) is 0 Å². The highest BCUT2D eigenvalue weighted by atomic mass is 35.5. The first-order valence-electron chi connectivity index (χ1n) is 12.4. The summed E-state index contributed by atoms with van der Waals surface area (Å²) in [4.78, 5) is 38.9. The van der Waals surface area contributed by atoms with E-state index in [1.54, 1.807) is 4.90 Å². The largest absolute Gasteiger partial charge is 0.481 e. The molecular weight excluding hydrogens is 482 g/mol. The Morgan fingerprint density at radius 2 is 1.83 bits per heavy atom. The van der Waals surface area contributed by atoms with Gasteiger partial charge in [0.1, 0.15) is 6.04 Å². The van der Waals surface area contributed by atoms with Crippen LogP contribution in [0.15, 0.2) is 42.5 Å². The number of carbonyl (C=O) groups is 3.